The van der Waals surface area contributed by atoms with Gasteiger partial charge in [-0.3, -0.25) is 0 Å². The highest BCUT2D eigenvalue weighted by atomic mass is 16.1. The van der Waals surface area contributed by atoms with Crippen molar-refractivity contribution in [3.8, 4) is 5.69 Å². The summed E-state index contributed by atoms with van der Waals surface area (Å²) in [5.41, 5.74) is 2.13. The summed E-state index contributed by atoms with van der Waals surface area (Å²) in [6.07, 6.45) is 4.95. The zero-order valence-electron chi connectivity index (χ0n) is 9.08. The van der Waals surface area contributed by atoms with Crippen LogP contribution in [0.1, 0.15) is 24.8 Å². The third-order valence-corrected chi connectivity index (χ3v) is 2.60. The molecule has 4 heteroatoms. The Balaban J connectivity index is 2.19. The number of benzene rings is 1. The van der Waals surface area contributed by atoms with Crippen molar-refractivity contribution in [2.75, 3.05) is 0 Å². The molecule has 0 amide bonds. The third kappa shape index (κ3) is 2.16. The first-order valence-electron chi connectivity index (χ1n) is 5.21. The summed E-state index contributed by atoms with van der Waals surface area (Å²) in [6, 6.07) is 7.99. The van der Waals surface area contributed by atoms with E-state index in [0.717, 1.165) is 17.5 Å². The molecule has 0 bridgehead atoms. The molecule has 2 aromatic rings. The van der Waals surface area contributed by atoms with Gasteiger partial charge in [-0.05, 0) is 23.6 Å². The van der Waals surface area contributed by atoms with Crippen LogP contribution in [0.25, 0.3) is 5.69 Å². The number of hydrogen-bond acceptors (Lipinski definition) is 3. The SMILES string of the molecule is CC(CC=O)c1ccc(-n2ccnn2)cc1. The molecular formula is C12H13N3O. The molecule has 16 heavy (non-hydrogen) atoms. The van der Waals surface area contributed by atoms with Gasteiger partial charge in [0.1, 0.15) is 6.29 Å². The summed E-state index contributed by atoms with van der Waals surface area (Å²) in [6.45, 7) is 2.04. The number of hydrogen-bond donors (Lipinski definition) is 0. The van der Waals surface area contributed by atoms with Crippen molar-refractivity contribution >= 4 is 6.29 Å². The molecule has 0 spiro atoms. The van der Waals surface area contributed by atoms with E-state index in [-0.39, 0.29) is 5.92 Å². The summed E-state index contributed by atoms with van der Waals surface area (Å²) < 4.78 is 1.70. The zero-order valence-corrected chi connectivity index (χ0v) is 9.08. The second-order valence-electron chi connectivity index (χ2n) is 3.74. The molecular weight excluding hydrogens is 202 g/mol. The van der Waals surface area contributed by atoms with E-state index >= 15 is 0 Å². The fourth-order valence-electron chi connectivity index (χ4n) is 1.58. The molecule has 82 valence electrons. The fraction of sp³-hybridized carbons (Fsp3) is 0.250. The molecule has 1 atom stereocenters. The molecule has 0 N–H and O–H groups in total. The minimum atomic E-state index is 0.266. The van der Waals surface area contributed by atoms with E-state index in [4.69, 9.17) is 0 Å². The maximum atomic E-state index is 10.4. The predicted octanol–water partition coefficient (Wildman–Crippen LogP) is 1.96. The Morgan fingerprint density at radius 3 is 2.69 bits per heavy atom. The van der Waals surface area contributed by atoms with E-state index in [1.165, 1.54) is 0 Å². The zero-order chi connectivity index (χ0) is 11.4. The maximum absolute atomic E-state index is 10.4. The molecule has 1 heterocycles. The lowest BCUT2D eigenvalue weighted by atomic mass is 9.98. The molecule has 0 aliphatic heterocycles. The normalized spacial score (nSPS) is 12.3. The first kappa shape index (κ1) is 10.5. The molecule has 0 fully saturated rings. The van der Waals surface area contributed by atoms with Crippen molar-refractivity contribution < 1.29 is 4.79 Å². The van der Waals surface area contributed by atoms with Crippen molar-refractivity contribution in [2.24, 2.45) is 0 Å². The van der Waals surface area contributed by atoms with Crippen LogP contribution in [0.3, 0.4) is 0 Å². The Labute approximate surface area is 93.9 Å². The average Bonchev–Trinajstić information content (AvgIpc) is 2.83. The Hall–Kier alpha value is -1.97. The van der Waals surface area contributed by atoms with Crippen LogP contribution in [0.15, 0.2) is 36.7 Å². The second-order valence-corrected chi connectivity index (χ2v) is 3.74. The Morgan fingerprint density at radius 1 is 1.38 bits per heavy atom. The number of carbonyl (C=O) groups is 1. The van der Waals surface area contributed by atoms with E-state index in [2.05, 4.69) is 10.3 Å². The summed E-state index contributed by atoms with van der Waals surface area (Å²) in [5, 5.41) is 7.66. The molecule has 1 aromatic heterocycles. The molecule has 4 nitrogen and oxygen atoms in total. The third-order valence-electron chi connectivity index (χ3n) is 2.60. The Morgan fingerprint density at radius 2 is 2.12 bits per heavy atom. The minimum Gasteiger partial charge on any atom is -0.303 e. The number of aromatic nitrogens is 3. The van der Waals surface area contributed by atoms with E-state index in [9.17, 15) is 4.79 Å². The molecule has 1 unspecified atom stereocenters. The van der Waals surface area contributed by atoms with E-state index in [1.54, 1.807) is 17.1 Å². The quantitative estimate of drug-likeness (QED) is 0.732. The van der Waals surface area contributed by atoms with Gasteiger partial charge in [0.15, 0.2) is 0 Å². The number of aldehydes is 1. The lowest BCUT2D eigenvalue weighted by Crippen LogP contribution is -1.97. The van der Waals surface area contributed by atoms with Gasteiger partial charge in [0.05, 0.1) is 18.1 Å². The van der Waals surface area contributed by atoms with Crippen molar-refractivity contribution in [3.63, 3.8) is 0 Å². The highest BCUT2D eigenvalue weighted by Crippen LogP contribution is 2.19. The largest absolute Gasteiger partial charge is 0.303 e. The van der Waals surface area contributed by atoms with Gasteiger partial charge in [-0.25, -0.2) is 4.68 Å². The second kappa shape index (κ2) is 4.70. The number of rotatable bonds is 4. The number of carbonyl (C=O) groups excluding carboxylic acids is 1. The smallest absolute Gasteiger partial charge is 0.120 e. The van der Waals surface area contributed by atoms with Crippen LogP contribution in [0.2, 0.25) is 0 Å². The van der Waals surface area contributed by atoms with Crippen LogP contribution in [0, 0.1) is 0 Å². The van der Waals surface area contributed by atoms with Gasteiger partial charge >= 0.3 is 0 Å². The highest BCUT2D eigenvalue weighted by molar-refractivity contribution is 5.51. The van der Waals surface area contributed by atoms with Crippen molar-refractivity contribution in [1.82, 2.24) is 15.0 Å². The van der Waals surface area contributed by atoms with Crippen molar-refractivity contribution in [3.05, 3.63) is 42.2 Å². The van der Waals surface area contributed by atoms with E-state index in [1.807, 2.05) is 31.2 Å². The molecule has 2 rings (SSSR count). The molecule has 0 radical (unpaired) electrons. The molecule has 0 aliphatic rings. The average molecular weight is 215 g/mol. The van der Waals surface area contributed by atoms with E-state index < -0.39 is 0 Å². The summed E-state index contributed by atoms with van der Waals surface area (Å²) in [7, 11) is 0. The van der Waals surface area contributed by atoms with Crippen molar-refractivity contribution in [2.45, 2.75) is 19.3 Å². The van der Waals surface area contributed by atoms with Crippen LogP contribution in [0.4, 0.5) is 0 Å². The van der Waals surface area contributed by atoms with E-state index in [0.29, 0.717) is 6.42 Å². The topological polar surface area (TPSA) is 47.8 Å². The molecule has 1 aromatic carbocycles. The Bertz CT molecular complexity index is 448. The van der Waals surface area contributed by atoms with Gasteiger partial charge in [-0.2, -0.15) is 0 Å². The summed E-state index contributed by atoms with van der Waals surface area (Å²) in [5.74, 6) is 0.266. The number of nitrogens with zero attached hydrogens (tertiary/aromatic N) is 3. The fourth-order valence-corrected chi connectivity index (χ4v) is 1.58. The van der Waals surface area contributed by atoms with Gasteiger partial charge in [-0.1, -0.05) is 24.3 Å². The summed E-state index contributed by atoms with van der Waals surface area (Å²) >= 11 is 0. The van der Waals surface area contributed by atoms with Crippen LogP contribution >= 0.6 is 0 Å². The van der Waals surface area contributed by atoms with Crippen molar-refractivity contribution in [1.29, 1.82) is 0 Å². The monoisotopic (exact) mass is 215 g/mol. The van der Waals surface area contributed by atoms with Gasteiger partial charge in [-0.15, -0.1) is 5.10 Å². The summed E-state index contributed by atoms with van der Waals surface area (Å²) in [4.78, 5) is 10.4. The first-order valence-corrected chi connectivity index (χ1v) is 5.21. The predicted molar refractivity (Wildman–Crippen MR) is 60.5 cm³/mol. The first-order chi connectivity index (χ1) is 7.81. The van der Waals surface area contributed by atoms with Gasteiger partial charge in [0, 0.05) is 6.42 Å². The van der Waals surface area contributed by atoms with Crippen LogP contribution in [-0.2, 0) is 4.79 Å². The lowest BCUT2D eigenvalue weighted by molar-refractivity contribution is -0.108. The highest BCUT2D eigenvalue weighted by Gasteiger charge is 2.04. The molecule has 0 aliphatic carbocycles. The molecule has 0 saturated heterocycles. The van der Waals surface area contributed by atoms with Gasteiger partial charge in [0.25, 0.3) is 0 Å². The van der Waals surface area contributed by atoms with Crippen LogP contribution in [-0.4, -0.2) is 21.3 Å². The minimum absolute atomic E-state index is 0.266. The van der Waals surface area contributed by atoms with Gasteiger partial charge in [0.2, 0.25) is 0 Å². The van der Waals surface area contributed by atoms with Gasteiger partial charge < -0.3 is 4.79 Å². The lowest BCUT2D eigenvalue weighted by Gasteiger charge is -2.08. The van der Waals surface area contributed by atoms with Crippen LogP contribution in [0.5, 0.6) is 0 Å². The standard InChI is InChI=1S/C12H13N3O/c1-10(6-9-16)11-2-4-12(5-3-11)15-8-7-13-14-15/h2-5,7-10H,6H2,1H3. The van der Waals surface area contributed by atoms with Crippen LogP contribution < -0.4 is 0 Å². The Kier molecular flexibility index (Phi) is 3.10. The molecule has 0 saturated carbocycles. The maximum Gasteiger partial charge on any atom is 0.120 e.